The van der Waals surface area contributed by atoms with Crippen LogP contribution in [-0.4, -0.2) is 15.5 Å². The van der Waals surface area contributed by atoms with Crippen LogP contribution in [0, 0.1) is 6.92 Å². The maximum absolute atomic E-state index is 12.4. The van der Waals surface area contributed by atoms with Gasteiger partial charge in [0.15, 0.2) is 0 Å². The standard InChI is InChI=1S/C14H15ClN2O3S/c1-9-3-5-12(13(7-9)20-2)17-21(18,19)14-6-4-10(15)8-11(14)16/h3-8,17H,16H2,1-2H3. The number of nitrogens with two attached hydrogens (primary N) is 1. The Labute approximate surface area is 128 Å². The molecule has 0 heterocycles. The Kier molecular flexibility index (Phi) is 4.29. The smallest absolute Gasteiger partial charge is 0.264 e. The van der Waals surface area contributed by atoms with Crippen LogP contribution in [-0.2, 0) is 10.0 Å². The largest absolute Gasteiger partial charge is 0.495 e. The van der Waals surface area contributed by atoms with Crippen LogP contribution in [0.2, 0.25) is 5.02 Å². The Morgan fingerprint density at radius 1 is 1.19 bits per heavy atom. The fourth-order valence-corrected chi connectivity index (χ4v) is 3.21. The normalized spacial score (nSPS) is 11.2. The van der Waals surface area contributed by atoms with Crippen molar-refractivity contribution in [3.63, 3.8) is 0 Å². The lowest BCUT2D eigenvalue weighted by atomic mass is 10.2. The van der Waals surface area contributed by atoms with Gasteiger partial charge in [0.2, 0.25) is 0 Å². The summed E-state index contributed by atoms with van der Waals surface area (Å²) < 4.78 is 32.4. The number of benzene rings is 2. The van der Waals surface area contributed by atoms with Crippen molar-refractivity contribution in [2.75, 3.05) is 17.6 Å². The first-order valence-corrected chi connectivity index (χ1v) is 7.92. The minimum Gasteiger partial charge on any atom is -0.495 e. The van der Waals surface area contributed by atoms with Gasteiger partial charge in [0, 0.05) is 5.02 Å². The molecule has 0 saturated carbocycles. The van der Waals surface area contributed by atoms with Gasteiger partial charge < -0.3 is 10.5 Å². The van der Waals surface area contributed by atoms with Crippen molar-refractivity contribution >= 4 is 33.0 Å². The summed E-state index contributed by atoms with van der Waals surface area (Å²) >= 11 is 5.78. The highest BCUT2D eigenvalue weighted by molar-refractivity contribution is 7.92. The second kappa shape index (κ2) is 5.83. The first-order chi connectivity index (χ1) is 9.83. The topological polar surface area (TPSA) is 81.4 Å². The van der Waals surface area contributed by atoms with Crippen LogP contribution in [0.5, 0.6) is 5.75 Å². The van der Waals surface area contributed by atoms with Crippen molar-refractivity contribution in [2.24, 2.45) is 0 Å². The van der Waals surface area contributed by atoms with E-state index in [-0.39, 0.29) is 10.6 Å². The Morgan fingerprint density at radius 2 is 1.90 bits per heavy atom. The second-order valence-corrected chi connectivity index (χ2v) is 6.58. The van der Waals surface area contributed by atoms with E-state index in [4.69, 9.17) is 22.1 Å². The number of anilines is 2. The summed E-state index contributed by atoms with van der Waals surface area (Å²) in [5.74, 6) is 0.436. The minimum atomic E-state index is -3.82. The van der Waals surface area contributed by atoms with Crippen molar-refractivity contribution in [1.29, 1.82) is 0 Å². The summed E-state index contributed by atoms with van der Waals surface area (Å²) in [7, 11) is -2.34. The highest BCUT2D eigenvalue weighted by Crippen LogP contribution is 2.30. The summed E-state index contributed by atoms with van der Waals surface area (Å²) in [5.41, 5.74) is 7.11. The maximum atomic E-state index is 12.4. The zero-order chi connectivity index (χ0) is 15.6. The van der Waals surface area contributed by atoms with Crippen LogP contribution < -0.4 is 15.2 Å². The number of hydrogen-bond acceptors (Lipinski definition) is 4. The quantitative estimate of drug-likeness (QED) is 0.846. The Morgan fingerprint density at radius 3 is 2.52 bits per heavy atom. The molecule has 0 radical (unpaired) electrons. The summed E-state index contributed by atoms with van der Waals surface area (Å²) in [6.07, 6.45) is 0. The Bertz CT molecular complexity index is 776. The van der Waals surface area contributed by atoms with E-state index in [2.05, 4.69) is 4.72 Å². The third kappa shape index (κ3) is 3.40. The molecular formula is C14H15ClN2O3S. The molecule has 0 atom stereocenters. The predicted molar refractivity (Wildman–Crippen MR) is 84.4 cm³/mol. The number of nitrogen functional groups attached to an aromatic ring is 1. The van der Waals surface area contributed by atoms with E-state index in [1.54, 1.807) is 18.2 Å². The van der Waals surface area contributed by atoms with Crippen molar-refractivity contribution in [1.82, 2.24) is 0 Å². The molecule has 0 spiro atoms. The van der Waals surface area contributed by atoms with Gasteiger partial charge in [0.1, 0.15) is 10.6 Å². The van der Waals surface area contributed by atoms with Gasteiger partial charge in [-0.1, -0.05) is 17.7 Å². The van der Waals surface area contributed by atoms with E-state index in [9.17, 15) is 8.42 Å². The average Bonchev–Trinajstić information content (AvgIpc) is 2.40. The number of hydrogen-bond donors (Lipinski definition) is 2. The third-order valence-electron chi connectivity index (χ3n) is 2.86. The monoisotopic (exact) mass is 326 g/mol. The first kappa shape index (κ1) is 15.5. The number of nitrogens with one attached hydrogen (secondary N) is 1. The molecule has 0 amide bonds. The molecule has 21 heavy (non-hydrogen) atoms. The van der Waals surface area contributed by atoms with Crippen LogP contribution in [0.1, 0.15) is 5.56 Å². The molecular weight excluding hydrogens is 312 g/mol. The molecule has 0 bridgehead atoms. The number of halogens is 1. The van der Waals surface area contributed by atoms with Gasteiger partial charge in [0.05, 0.1) is 18.5 Å². The molecule has 0 unspecified atom stereocenters. The van der Waals surface area contributed by atoms with E-state index in [1.165, 1.54) is 25.3 Å². The fourth-order valence-electron chi connectivity index (χ4n) is 1.85. The fraction of sp³-hybridized carbons (Fsp3) is 0.143. The number of aryl methyl sites for hydroxylation is 1. The molecule has 112 valence electrons. The molecule has 0 aromatic heterocycles. The molecule has 3 N–H and O–H groups in total. The molecule has 5 nitrogen and oxygen atoms in total. The number of ether oxygens (including phenoxy) is 1. The second-order valence-electron chi connectivity index (χ2n) is 4.49. The first-order valence-electron chi connectivity index (χ1n) is 6.06. The maximum Gasteiger partial charge on any atom is 0.264 e. The zero-order valence-corrected chi connectivity index (χ0v) is 13.1. The number of rotatable bonds is 4. The van der Waals surface area contributed by atoms with Crippen LogP contribution in [0.3, 0.4) is 0 Å². The average molecular weight is 327 g/mol. The third-order valence-corrected chi connectivity index (χ3v) is 4.54. The number of methoxy groups -OCH3 is 1. The van der Waals surface area contributed by atoms with Crippen molar-refractivity contribution in [3.8, 4) is 5.75 Å². The lowest BCUT2D eigenvalue weighted by Crippen LogP contribution is -2.15. The van der Waals surface area contributed by atoms with E-state index < -0.39 is 10.0 Å². The van der Waals surface area contributed by atoms with Crippen molar-refractivity contribution < 1.29 is 13.2 Å². The Hall–Kier alpha value is -1.92. The molecule has 7 heteroatoms. The SMILES string of the molecule is COc1cc(C)ccc1NS(=O)(=O)c1ccc(Cl)cc1N. The van der Waals surface area contributed by atoms with Crippen LogP contribution in [0.25, 0.3) is 0 Å². The molecule has 0 aliphatic carbocycles. The van der Waals surface area contributed by atoms with E-state index >= 15 is 0 Å². The lowest BCUT2D eigenvalue weighted by Gasteiger charge is -2.13. The van der Waals surface area contributed by atoms with Gasteiger partial charge in [-0.15, -0.1) is 0 Å². The molecule has 0 aliphatic rings. The minimum absolute atomic E-state index is 0.0328. The lowest BCUT2D eigenvalue weighted by molar-refractivity contribution is 0.416. The van der Waals surface area contributed by atoms with E-state index in [1.807, 2.05) is 6.92 Å². The predicted octanol–water partition coefficient (Wildman–Crippen LogP) is 3.04. The molecule has 2 rings (SSSR count). The van der Waals surface area contributed by atoms with Crippen molar-refractivity contribution in [2.45, 2.75) is 11.8 Å². The van der Waals surface area contributed by atoms with Crippen molar-refractivity contribution in [3.05, 3.63) is 47.0 Å². The van der Waals surface area contributed by atoms with E-state index in [0.717, 1.165) is 5.56 Å². The summed E-state index contributed by atoms with van der Waals surface area (Å²) in [6, 6.07) is 9.38. The van der Waals surface area contributed by atoms with Gasteiger partial charge in [-0.3, -0.25) is 4.72 Å². The highest BCUT2D eigenvalue weighted by Gasteiger charge is 2.19. The van der Waals surface area contributed by atoms with Gasteiger partial charge in [0.25, 0.3) is 10.0 Å². The van der Waals surface area contributed by atoms with Crippen LogP contribution >= 0.6 is 11.6 Å². The highest BCUT2D eigenvalue weighted by atomic mass is 35.5. The summed E-state index contributed by atoms with van der Waals surface area (Å²) in [4.78, 5) is -0.0328. The molecule has 0 fully saturated rings. The van der Waals surface area contributed by atoms with Gasteiger partial charge in [-0.25, -0.2) is 8.42 Å². The molecule has 2 aromatic carbocycles. The van der Waals surface area contributed by atoms with E-state index in [0.29, 0.717) is 16.5 Å². The van der Waals surface area contributed by atoms with Crippen LogP contribution in [0.4, 0.5) is 11.4 Å². The summed E-state index contributed by atoms with van der Waals surface area (Å²) in [6.45, 7) is 1.89. The molecule has 2 aromatic rings. The van der Waals surface area contributed by atoms with Crippen LogP contribution in [0.15, 0.2) is 41.3 Å². The Balaban J connectivity index is 2.42. The van der Waals surface area contributed by atoms with Gasteiger partial charge in [-0.2, -0.15) is 0 Å². The summed E-state index contributed by atoms with van der Waals surface area (Å²) in [5, 5.41) is 0.374. The van der Waals surface area contributed by atoms with Gasteiger partial charge in [-0.05, 0) is 42.8 Å². The van der Waals surface area contributed by atoms with Gasteiger partial charge >= 0.3 is 0 Å². The zero-order valence-electron chi connectivity index (χ0n) is 11.6. The molecule has 0 saturated heterocycles. The molecule has 0 aliphatic heterocycles. The number of sulfonamides is 1.